The summed E-state index contributed by atoms with van der Waals surface area (Å²) in [5, 5.41) is 10.9. The number of hydrogen-bond donors (Lipinski definition) is 1. The molecule has 1 unspecified atom stereocenters. The van der Waals surface area contributed by atoms with E-state index in [1.54, 1.807) is 107 Å². The largest absolute Gasteiger partial charge is 0.480 e. The van der Waals surface area contributed by atoms with Gasteiger partial charge in [0.1, 0.15) is 5.41 Å². The molecule has 0 amide bonds. The second kappa shape index (κ2) is 43.1. The summed E-state index contributed by atoms with van der Waals surface area (Å²) in [5.41, 5.74) is 8.14. The lowest BCUT2D eigenvalue weighted by molar-refractivity contribution is -0.144. The molecule has 0 saturated carbocycles. The first-order valence-electron chi connectivity index (χ1n) is 36.0. The average molecular weight is 1950 g/mol. The fourth-order valence-corrected chi connectivity index (χ4v) is 23.1. The predicted molar refractivity (Wildman–Crippen MR) is 481 cm³/mol. The van der Waals surface area contributed by atoms with Crippen LogP contribution in [0.2, 0.25) is 15.1 Å². The van der Waals surface area contributed by atoms with Crippen molar-refractivity contribution in [2.24, 2.45) is 5.41 Å². The highest BCUT2D eigenvalue weighted by Crippen LogP contribution is 2.43. The highest BCUT2D eigenvalue weighted by molar-refractivity contribution is 14.1. The van der Waals surface area contributed by atoms with E-state index in [1.165, 1.54) is 47.6 Å². The Labute approximate surface area is 741 Å². The number of Topliss-reactive ketones (excluding diaryl/α,β-unsaturated/α-hetero) is 9. The van der Waals surface area contributed by atoms with Gasteiger partial charge < -0.3 is 5.11 Å². The molecule has 0 spiro atoms. The molecule has 9 aliphatic heterocycles. The van der Waals surface area contributed by atoms with Crippen molar-refractivity contribution < 1.29 is 66.2 Å². The minimum Gasteiger partial charge on any atom is -0.480 e. The van der Waals surface area contributed by atoms with E-state index < -0.39 is 23.1 Å². The number of halogens is 8. The monoisotopic (exact) mass is 1950 g/mol. The molecular formula is C87H74BrCl3F3IO11S9. The zero-order valence-electron chi connectivity index (χ0n) is 62.3. The number of alkyl halides is 3. The predicted octanol–water partition coefficient (Wildman–Crippen LogP) is 26.3. The van der Waals surface area contributed by atoms with Gasteiger partial charge >= 0.3 is 12.1 Å². The molecule has 598 valence electrons. The SMILES string of the molecule is Cc1ccc2c(c1)C(=O)CCS2.Cc1ccc2c(c1)C(=O)CCS2.Cc1ccc2c(c1)SCC(C)(C(=O)O)C2=O.O=C1CCSc2c(Cl)cc(Cl)cc21.O=C1CCSc2ccc(Br)cc21.O=C1CCSc2ccc(C(F)(F)F)cc21.O=C1CCSc2ccc(Cl)cc21.O=C1CCSc2ccc(I)cc21.O=C1CCSc2ccccc21. The third-order valence-corrected chi connectivity index (χ3v) is 30.3. The van der Waals surface area contributed by atoms with Crippen LogP contribution in [0.3, 0.4) is 0 Å². The third-order valence-electron chi connectivity index (χ3n) is 18.3. The maximum absolute atomic E-state index is 12.4. The van der Waals surface area contributed by atoms with E-state index in [0.29, 0.717) is 117 Å². The van der Waals surface area contributed by atoms with Gasteiger partial charge in [-0.05, 0) is 183 Å². The molecule has 18 rings (SSSR count). The molecule has 1 atom stereocenters. The number of aryl methyl sites for hydroxylation is 3. The van der Waals surface area contributed by atoms with E-state index in [9.17, 15) is 61.1 Å². The summed E-state index contributed by atoms with van der Waals surface area (Å²) in [6.07, 6.45) is 0.610. The Morgan fingerprint density at radius 3 is 1.23 bits per heavy atom. The summed E-state index contributed by atoms with van der Waals surface area (Å²) in [5.74, 6) is 7.62. The van der Waals surface area contributed by atoms with Crippen LogP contribution in [0.4, 0.5) is 13.2 Å². The summed E-state index contributed by atoms with van der Waals surface area (Å²) in [7, 11) is 0. The standard InChI is InChI=1S/C12H12O3S.C10H7F3OS.2C10H10OS.C9H7BrOS.C9H6Cl2OS.C9H7ClOS.C9H7IOS.C9H8OS/c1-7-3-4-8-9(5-7)16-6-12(2,10(8)13)11(14)15;11-10(12,13)6-1-2-9-7(5-6)8(14)3-4-15-9;2*1-7-2-3-10-8(6-7)9(11)4-5-12-10;10-6-1-2-9-7(5-6)8(11)3-4-12-9;10-5-3-6-8(12)1-2-13-9(6)7(11)4-5;2*10-6-1-2-9-7(5-6)8(11)3-4-12-9;10-8-5-6-11-9-4-2-1-3-7(8)9/h3-5H,6H2,1-2H3,(H,14,15);1-2,5H,3-4H2;2*2-3,6H,4-5H2,1H3;1-2,5H,3-4H2;3-4H,1-2H2;2*1-2,5H,3-4H2;1-4H,5-6H2. The van der Waals surface area contributed by atoms with E-state index >= 15 is 0 Å². The van der Waals surface area contributed by atoms with Crippen molar-refractivity contribution >= 4 is 237 Å². The molecule has 9 aromatic carbocycles. The van der Waals surface area contributed by atoms with Gasteiger partial charge in [-0.15, -0.1) is 106 Å². The van der Waals surface area contributed by atoms with Gasteiger partial charge in [-0.25, -0.2) is 0 Å². The molecule has 9 aromatic rings. The molecule has 0 radical (unpaired) electrons. The second-order valence-corrected chi connectivity index (χ2v) is 40.3. The molecule has 9 aliphatic rings. The van der Waals surface area contributed by atoms with Gasteiger partial charge in [-0.2, -0.15) is 13.2 Å². The minimum absolute atomic E-state index is 0.137. The first-order valence-corrected chi connectivity index (χ1v) is 47.9. The van der Waals surface area contributed by atoms with Gasteiger partial charge in [0.2, 0.25) is 0 Å². The molecule has 11 nitrogen and oxygen atoms in total. The maximum Gasteiger partial charge on any atom is 0.416 e. The number of rotatable bonds is 1. The van der Waals surface area contributed by atoms with Crippen molar-refractivity contribution in [1.29, 1.82) is 0 Å². The van der Waals surface area contributed by atoms with Gasteiger partial charge in [-0.1, -0.05) is 98.3 Å². The summed E-state index contributed by atoms with van der Waals surface area (Å²) in [6.45, 7) is 7.49. The van der Waals surface area contributed by atoms with Gasteiger partial charge in [0.05, 0.1) is 10.6 Å². The number of carbonyl (C=O) groups excluding carboxylic acids is 9. The average Bonchev–Trinajstić information content (AvgIpc) is 0.763. The molecular weight excluding hydrogens is 1880 g/mol. The van der Waals surface area contributed by atoms with Crippen molar-refractivity contribution in [3.8, 4) is 0 Å². The number of fused-ring (bicyclic) bond motifs is 9. The van der Waals surface area contributed by atoms with Gasteiger partial charge in [0.25, 0.3) is 0 Å². The Balaban J connectivity index is 0.000000137. The molecule has 0 bridgehead atoms. The van der Waals surface area contributed by atoms with E-state index in [2.05, 4.69) is 50.7 Å². The van der Waals surface area contributed by atoms with Crippen molar-refractivity contribution in [3.05, 3.63) is 259 Å². The van der Waals surface area contributed by atoms with Crippen molar-refractivity contribution in [2.45, 2.75) is 129 Å². The Morgan fingerprint density at radius 1 is 0.383 bits per heavy atom. The van der Waals surface area contributed by atoms with Crippen molar-refractivity contribution in [2.75, 3.05) is 51.8 Å². The Kier molecular flexibility index (Phi) is 34.4. The topological polar surface area (TPSA) is 191 Å². The highest BCUT2D eigenvalue weighted by Gasteiger charge is 2.45. The molecule has 0 aromatic heterocycles. The van der Waals surface area contributed by atoms with Crippen LogP contribution in [0.15, 0.2) is 212 Å². The fourth-order valence-electron chi connectivity index (χ4n) is 12.1. The van der Waals surface area contributed by atoms with Crippen LogP contribution >= 0.6 is 179 Å². The number of carboxylic acid groups (broad SMARTS) is 1. The normalized spacial score (nSPS) is 17.1. The van der Waals surface area contributed by atoms with Crippen LogP contribution in [0.5, 0.6) is 0 Å². The maximum atomic E-state index is 12.4. The highest BCUT2D eigenvalue weighted by atomic mass is 127. The number of carboxylic acids is 1. The second-order valence-electron chi connectivity index (χ2n) is 26.8. The Morgan fingerprint density at radius 2 is 0.748 bits per heavy atom. The number of thioether (sulfide) groups is 9. The van der Waals surface area contributed by atoms with Crippen molar-refractivity contribution in [1.82, 2.24) is 0 Å². The number of benzene rings is 9. The number of carbonyl (C=O) groups is 10. The van der Waals surface area contributed by atoms with Crippen LogP contribution in [-0.2, 0) is 11.0 Å². The quantitative estimate of drug-likeness (QED) is 0.120. The lowest BCUT2D eigenvalue weighted by atomic mass is 9.83. The lowest BCUT2D eigenvalue weighted by Gasteiger charge is -2.28. The third kappa shape index (κ3) is 25.3. The molecule has 28 heteroatoms. The van der Waals surface area contributed by atoms with E-state index in [0.717, 1.165) is 139 Å². The molecule has 0 fully saturated rings. The zero-order valence-corrected chi connectivity index (χ0v) is 75.7. The summed E-state index contributed by atoms with van der Waals surface area (Å²) >= 11 is 38.2. The minimum atomic E-state index is -4.38. The Bertz CT molecular complexity index is 4890. The van der Waals surface area contributed by atoms with E-state index in [1.807, 2.05) is 130 Å². The van der Waals surface area contributed by atoms with Gasteiger partial charge in [0, 0.05) is 215 Å². The first-order chi connectivity index (χ1) is 54.8. The van der Waals surface area contributed by atoms with Crippen LogP contribution in [0.1, 0.15) is 174 Å². The van der Waals surface area contributed by atoms with E-state index in [4.69, 9.17) is 39.9 Å². The Hall–Kier alpha value is -5.50. The molecule has 9 heterocycles. The summed E-state index contributed by atoms with van der Waals surface area (Å²) in [4.78, 5) is 124. The van der Waals surface area contributed by atoms with Gasteiger partial charge in [0.15, 0.2) is 52.0 Å². The smallest absolute Gasteiger partial charge is 0.416 e. The first kappa shape index (κ1) is 91.8. The number of aliphatic carboxylic acids is 1. The van der Waals surface area contributed by atoms with Crippen molar-refractivity contribution in [3.63, 3.8) is 0 Å². The van der Waals surface area contributed by atoms with Crippen LogP contribution in [0.25, 0.3) is 0 Å². The van der Waals surface area contributed by atoms with E-state index in [-0.39, 0.29) is 34.5 Å². The van der Waals surface area contributed by atoms with Crippen LogP contribution in [0, 0.1) is 29.8 Å². The summed E-state index contributed by atoms with van der Waals surface area (Å²) < 4.78 is 39.2. The molecule has 0 saturated heterocycles. The lowest BCUT2D eigenvalue weighted by Crippen LogP contribution is -2.41. The molecule has 0 aliphatic carbocycles. The van der Waals surface area contributed by atoms with Crippen LogP contribution < -0.4 is 0 Å². The van der Waals surface area contributed by atoms with Gasteiger partial charge in [-0.3, -0.25) is 47.9 Å². The fraction of sp³-hybridized carbons (Fsp3) is 0.264. The summed E-state index contributed by atoms with van der Waals surface area (Å²) in [6, 6.07) is 49.7. The molecule has 115 heavy (non-hydrogen) atoms. The zero-order chi connectivity index (χ0) is 82.8. The molecule has 1 N–H and O–H groups in total. The number of ketones is 9. The number of hydrogen-bond acceptors (Lipinski definition) is 19. The van der Waals surface area contributed by atoms with Crippen LogP contribution in [-0.4, -0.2) is 115 Å².